The summed E-state index contributed by atoms with van der Waals surface area (Å²) in [5.41, 5.74) is 6.32. The number of pyridine rings is 1. The molecule has 0 saturated carbocycles. The van der Waals surface area contributed by atoms with E-state index in [2.05, 4.69) is 20.4 Å². The van der Waals surface area contributed by atoms with Crippen LogP contribution in [0.3, 0.4) is 0 Å². The smallest absolute Gasteiger partial charge is 0.352 e. The summed E-state index contributed by atoms with van der Waals surface area (Å²) in [6, 6.07) is 2.73. The summed E-state index contributed by atoms with van der Waals surface area (Å²) in [5, 5.41) is 25.6. The molecule has 0 radical (unpaired) electrons. The highest BCUT2D eigenvalue weighted by Gasteiger charge is 2.55. The number of β-lactam (4-membered cyclic amide) rings is 1. The van der Waals surface area contributed by atoms with Gasteiger partial charge in [0.25, 0.3) is 11.8 Å². The first kappa shape index (κ1) is 27.4. The lowest BCUT2D eigenvalue weighted by Crippen LogP contribution is -2.71. The first-order chi connectivity index (χ1) is 19.0. The van der Waals surface area contributed by atoms with E-state index in [1.807, 2.05) is 29.1 Å². The molecular formula is C23H21ClN7O7S2+. The van der Waals surface area contributed by atoms with E-state index < -0.39 is 47.0 Å². The standard InChI is InChI=1S/C23H20ClN7O7S2/c1-9(21(34)35)38-29-14(13-17(24)40-23(25)28-13)18(32)27-15-19(33)31-16(22(36)37)11(8-39-20(15)31)6-30-5-3-10-2-4-26-12(10)7-30/h2-5,7,9,15,20H,6,8H2,1H3,(H5,25,27,28,32,34,35,36,37)/p+1/t9-,15+,20?/m0/s1. The quantitative estimate of drug-likeness (QED) is 0.100. The topological polar surface area (TPSA) is 204 Å². The average molecular weight is 607 g/mol. The van der Waals surface area contributed by atoms with Gasteiger partial charge in [0.1, 0.15) is 32.7 Å². The summed E-state index contributed by atoms with van der Waals surface area (Å²) in [7, 11) is 0. The lowest BCUT2D eigenvalue weighted by Gasteiger charge is -2.49. The number of aromatic amines is 1. The van der Waals surface area contributed by atoms with Gasteiger partial charge >= 0.3 is 11.9 Å². The predicted molar refractivity (Wildman–Crippen MR) is 144 cm³/mol. The van der Waals surface area contributed by atoms with E-state index in [0.29, 0.717) is 11.3 Å². The second-order valence-electron chi connectivity index (χ2n) is 8.78. The second kappa shape index (κ2) is 10.8. The third kappa shape index (κ3) is 5.07. The number of oxime groups is 1. The minimum atomic E-state index is -1.40. The molecular weight excluding hydrogens is 586 g/mol. The lowest BCUT2D eigenvalue weighted by molar-refractivity contribution is -0.687. The maximum Gasteiger partial charge on any atom is 0.352 e. The van der Waals surface area contributed by atoms with Crippen LogP contribution in [-0.2, 0) is 30.6 Å². The SMILES string of the molecule is C[C@H](ON=C(C(=O)N[C@@H]1C(=O)N2C(C(=O)O)=C(C[n+]3ccc4cc[nH]c4c3)CSC12)c1nc(N)sc1Cl)C(=O)O. The Hall–Kier alpha value is -4.15. The first-order valence-electron chi connectivity index (χ1n) is 11.6. The molecule has 2 amide bonds. The molecule has 3 atom stereocenters. The van der Waals surface area contributed by atoms with Gasteiger partial charge < -0.3 is 31.1 Å². The maximum absolute atomic E-state index is 13.2. The molecule has 0 spiro atoms. The van der Waals surface area contributed by atoms with Crippen LogP contribution >= 0.6 is 34.7 Å². The number of thiazole rings is 1. The van der Waals surface area contributed by atoms with Crippen LogP contribution in [-0.4, -0.2) is 77.8 Å². The monoisotopic (exact) mass is 606 g/mol. The summed E-state index contributed by atoms with van der Waals surface area (Å²) in [5.74, 6) is -3.85. The number of aliphatic carboxylic acids is 2. The van der Waals surface area contributed by atoms with E-state index in [-0.39, 0.29) is 27.4 Å². The highest BCUT2D eigenvalue weighted by Crippen LogP contribution is 2.40. The molecule has 3 aromatic rings. The maximum atomic E-state index is 13.2. The Bertz CT molecular complexity index is 1620. The number of carboxylic acid groups (broad SMARTS) is 2. The summed E-state index contributed by atoms with van der Waals surface area (Å²) < 4.78 is 1.83. The van der Waals surface area contributed by atoms with Crippen molar-refractivity contribution < 1.29 is 38.8 Å². The van der Waals surface area contributed by atoms with Gasteiger partial charge in [-0.2, -0.15) is 4.57 Å². The zero-order chi connectivity index (χ0) is 28.7. The fraction of sp³-hybridized carbons (Fsp3) is 0.261. The number of fused-ring (bicyclic) bond motifs is 2. The van der Waals surface area contributed by atoms with E-state index in [0.717, 1.165) is 27.1 Å². The molecule has 17 heteroatoms. The van der Waals surface area contributed by atoms with E-state index >= 15 is 0 Å². The van der Waals surface area contributed by atoms with Gasteiger partial charge in [0.05, 0.1) is 0 Å². The van der Waals surface area contributed by atoms with E-state index in [1.54, 1.807) is 6.20 Å². The number of rotatable bonds is 9. The minimum Gasteiger partial charge on any atom is -0.478 e. The van der Waals surface area contributed by atoms with E-state index in [4.69, 9.17) is 27.3 Å². The lowest BCUT2D eigenvalue weighted by atomic mass is 10.0. The first-order valence-corrected chi connectivity index (χ1v) is 13.8. The number of carboxylic acids is 2. The van der Waals surface area contributed by atoms with Gasteiger partial charge in [-0.1, -0.05) is 28.1 Å². The van der Waals surface area contributed by atoms with Gasteiger partial charge in [0, 0.05) is 29.0 Å². The molecule has 5 rings (SSSR count). The third-order valence-electron chi connectivity index (χ3n) is 6.15. The Morgan fingerprint density at radius 2 is 2.17 bits per heavy atom. The number of anilines is 1. The molecule has 6 N–H and O–H groups in total. The van der Waals surface area contributed by atoms with Crippen molar-refractivity contribution >= 4 is 80.2 Å². The number of H-pyrrole nitrogens is 1. The number of hydrogen-bond donors (Lipinski definition) is 5. The van der Waals surface area contributed by atoms with Crippen molar-refractivity contribution in [2.45, 2.75) is 31.0 Å². The molecule has 1 saturated heterocycles. The van der Waals surface area contributed by atoms with Crippen LogP contribution < -0.4 is 15.6 Å². The fourth-order valence-electron chi connectivity index (χ4n) is 4.20. The molecule has 2 aliphatic rings. The second-order valence-corrected chi connectivity index (χ2v) is 11.5. The molecule has 0 bridgehead atoms. The third-order valence-corrected chi connectivity index (χ3v) is 8.58. The predicted octanol–water partition coefficient (Wildman–Crippen LogP) is 0.780. The molecule has 3 aromatic heterocycles. The number of nitrogen functional groups attached to an aromatic ring is 1. The summed E-state index contributed by atoms with van der Waals surface area (Å²) in [6.45, 7) is 1.45. The highest BCUT2D eigenvalue weighted by atomic mass is 35.5. The Labute approximate surface area is 238 Å². The van der Waals surface area contributed by atoms with Gasteiger partial charge in [-0.25, -0.2) is 14.6 Å². The van der Waals surface area contributed by atoms with Crippen LogP contribution in [0, 0.1) is 0 Å². The van der Waals surface area contributed by atoms with Crippen LogP contribution in [0.5, 0.6) is 0 Å². The summed E-state index contributed by atoms with van der Waals surface area (Å²) in [4.78, 5) is 62.9. The normalized spacial score (nSPS) is 19.7. The van der Waals surface area contributed by atoms with Crippen molar-refractivity contribution in [1.82, 2.24) is 20.2 Å². The highest BCUT2D eigenvalue weighted by molar-refractivity contribution is 8.00. The average Bonchev–Trinajstić information content (AvgIpc) is 3.51. The number of thioether (sulfide) groups is 1. The molecule has 0 aromatic carbocycles. The Balaban J connectivity index is 1.37. The number of nitrogens with two attached hydrogens (primary N) is 1. The molecule has 0 aliphatic carbocycles. The Kier molecular flexibility index (Phi) is 7.39. The number of carbonyl (C=O) groups excluding carboxylic acids is 2. The number of carbonyl (C=O) groups is 4. The summed E-state index contributed by atoms with van der Waals surface area (Å²) in [6.07, 6.45) is 4.08. The van der Waals surface area contributed by atoms with Crippen LogP contribution in [0.15, 0.2) is 47.1 Å². The molecule has 208 valence electrons. The van der Waals surface area contributed by atoms with Crippen LogP contribution in [0.4, 0.5) is 5.13 Å². The van der Waals surface area contributed by atoms with Crippen LogP contribution in [0.1, 0.15) is 12.6 Å². The zero-order valence-electron chi connectivity index (χ0n) is 20.5. The number of hydrogen-bond acceptors (Lipinski definition) is 10. The van der Waals surface area contributed by atoms with Gasteiger partial charge in [-0.3, -0.25) is 14.5 Å². The number of amides is 2. The fourth-order valence-corrected chi connectivity index (χ4v) is 6.47. The van der Waals surface area contributed by atoms with Gasteiger partial charge in [0.15, 0.2) is 29.8 Å². The van der Waals surface area contributed by atoms with E-state index in [1.165, 1.54) is 18.7 Å². The van der Waals surface area contributed by atoms with Gasteiger partial charge in [-0.15, -0.1) is 11.8 Å². The van der Waals surface area contributed by atoms with Crippen molar-refractivity contribution in [3.05, 3.63) is 52.0 Å². The number of nitrogens with zero attached hydrogens (tertiary/aromatic N) is 4. The minimum absolute atomic E-state index is 0.00218. The van der Waals surface area contributed by atoms with Crippen molar-refractivity contribution in [2.24, 2.45) is 5.16 Å². The Morgan fingerprint density at radius 3 is 2.85 bits per heavy atom. The molecule has 5 heterocycles. The van der Waals surface area contributed by atoms with Crippen molar-refractivity contribution in [3.63, 3.8) is 0 Å². The number of halogens is 1. The zero-order valence-corrected chi connectivity index (χ0v) is 22.9. The van der Waals surface area contributed by atoms with Crippen molar-refractivity contribution in [1.29, 1.82) is 0 Å². The van der Waals surface area contributed by atoms with Gasteiger partial charge in [0.2, 0.25) is 6.10 Å². The molecule has 1 unspecified atom stereocenters. The largest absolute Gasteiger partial charge is 0.478 e. The van der Waals surface area contributed by atoms with Crippen LogP contribution in [0.25, 0.3) is 10.9 Å². The number of nitrogens with one attached hydrogen (secondary N) is 2. The molecule has 40 heavy (non-hydrogen) atoms. The summed E-state index contributed by atoms with van der Waals surface area (Å²) >= 11 is 8.30. The van der Waals surface area contributed by atoms with E-state index in [9.17, 15) is 24.3 Å². The molecule has 2 aliphatic heterocycles. The molecule has 1 fully saturated rings. The van der Waals surface area contributed by atoms with Crippen molar-refractivity contribution in [2.75, 3.05) is 11.5 Å². The van der Waals surface area contributed by atoms with Gasteiger partial charge in [-0.05, 0) is 13.0 Å². The number of aromatic nitrogens is 3. The van der Waals surface area contributed by atoms with Crippen molar-refractivity contribution in [3.8, 4) is 0 Å². The molecule has 14 nitrogen and oxygen atoms in total. The van der Waals surface area contributed by atoms with Crippen LogP contribution in [0.2, 0.25) is 4.34 Å². The Morgan fingerprint density at radius 1 is 1.40 bits per heavy atom.